The molecule has 126 valence electrons. The van der Waals surface area contributed by atoms with Crippen LogP contribution in [0.3, 0.4) is 0 Å². The molecule has 0 radical (unpaired) electrons. The van der Waals surface area contributed by atoms with Gasteiger partial charge in [0, 0.05) is 44.0 Å². The van der Waals surface area contributed by atoms with E-state index < -0.39 is 5.92 Å². The Bertz CT molecular complexity index is 732. The fourth-order valence-electron chi connectivity index (χ4n) is 3.11. The first-order chi connectivity index (χ1) is 11.6. The molecule has 1 aliphatic rings. The van der Waals surface area contributed by atoms with E-state index >= 15 is 0 Å². The first-order valence-electron chi connectivity index (χ1n) is 7.81. The molecule has 3 rings (SSSR count). The van der Waals surface area contributed by atoms with E-state index in [2.05, 4.69) is 10.3 Å². The van der Waals surface area contributed by atoms with Crippen molar-refractivity contribution in [2.45, 2.75) is 19.0 Å². The summed E-state index contributed by atoms with van der Waals surface area (Å²) in [5.74, 6) is -0.559. The predicted octanol–water partition coefficient (Wildman–Crippen LogP) is 1.87. The third-order valence-corrected chi connectivity index (χ3v) is 4.58. The number of carbonyl (C=O) groups excluding carboxylic acids is 2. The van der Waals surface area contributed by atoms with Crippen molar-refractivity contribution in [3.05, 3.63) is 53.6 Å². The maximum atomic E-state index is 12.6. The molecule has 0 saturated carbocycles. The number of hydrogen-bond acceptors (Lipinski definition) is 3. The van der Waals surface area contributed by atoms with Crippen molar-refractivity contribution in [1.82, 2.24) is 19.8 Å². The number of amides is 2. The average Bonchev–Trinajstić information content (AvgIpc) is 3.16. The molecule has 2 aromatic rings. The van der Waals surface area contributed by atoms with Gasteiger partial charge in [-0.2, -0.15) is 0 Å². The van der Waals surface area contributed by atoms with Crippen LogP contribution in [0.4, 0.5) is 0 Å². The van der Waals surface area contributed by atoms with Crippen molar-refractivity contribution in [2.75, 3.05) is 13.6 Å². The zero-order chi connectivity index (χ0) is 17.1. The van der Waals surface area contributed by atoms with Crippen molar-refractivity contribution in [1.29, 1.82) is 0 Å². The van der Waals surface area contributed by atoms with Gasteiger partial charge >= 0.3 is 0 Å². The Morgan fingerprint density at radius 2 is 2.29 bits per heavy atom. The Labute approximate surface area is 145 Å². The summed E-state index contributed by atoms with van der Waals surface area (Å²) in [4.78, 5) is 30.3. The predicted molar refractivity (Wildman–Crippen MR) is 90.3 cm³/mol. The van der Waals surface area contributed by atoms with E-state index in [0.29, 0.717) is 18.1 Å². The molecule has 1 N–H and O–H groups in total. The summed E-state index contributed by atoms with van der Waals surface area (Å²) in [6, 6.07) is 7.04. The number of benzene rings is 1. The highest BCUT2D eigenvalue weighted by Gasteiger charge is 2.42. The molecule has 1 aromatic heterocycles. The minimum absolute atomic E-state index is 0.0327. The SMILES string of the molecule is CN1C(=O)CC(C(=O)NCCn2ccnc2)C1c1cccc(Cl)c1. The van der Waals surface area contributed by atoms with E-state index in [1.54, 1.807) is 30.5 Å². The zero-order valence-electron chi connectivity index (χ0n) is 13.4. The minimum atomic E-state index is -0.413. The molecule has 0 spiro atoms. The third kappa shape index (κ3) is 3.43. The molecule has 24 heavy (non-hydrogen) atoms. The van der Waals surface area contributed by atoms with E-state index in [0.717, 1.165) is 5.56 Å². The highest BCUT2D eigenvalue weighted by atomic mass is 35.5. The molecule has 1 saturated heterocycles. The van der Waals surface area contributed by atoms with Gasteiger partial charge in [-0.15, -0.1) is 0 Å². The fraction of sp³-hybridized carbons (Fsp3) is 0.353. The van der Waals surface area contributed by atoms with E-state index in [1.807, 2.05) is 29.0 Å². The van der Waals surface area contributed by atoms with Crippen molar-refractivity contribution in [3.63, 3.8) is 0 Å². The van der Waals surface area contributed by atoms with Crippen molar-refractivity contribution in [3.8, 4) is 0 Å². The summed E-state index contributed by atoms with van der Waals surface area (Å²) < 4.78 is 1.89. The number of aromatic nitrogens is 2. The van der Waals surface area contributed by atoms with Crippen LogP contribution in [-0.2, 0) is 16.1 Å². The number of imidazole rings is 1. The number of carbonyl (C=O) groups is 2. The fourth-order valence-corrected chi connectivity index (χ4v) is 3.31. The van der Waals surface area contributed by atoms with Crippen molar-refractivity contribution < 1.29 is 9.59 Å². The molecular formula is C17H19ClN4O2. The Morgan fingerprint density at radius 3 is 3.00 bits per heavy atom. The molecule has 6 nitrogen and oxygen atoms in total. The zero-order valence-corrected chi connectivity index (χ0v) is 14.1. The van der Waals surface area contributed by atoms with Crippen LogP contribution in [0.5, 0.6) is 0 Å². The van der Waals surface area contributed by atoms with Crippen LogP contribution in [0.2, 0.25) is 5.02 Å². The van der Waals surface area contributed by atoms with Crippen molar-refractivity contribution in [2.24, 2.45) is 5.92 Å². The highest BCUT2D eigenvalue weighted by molar-refractivity contribution is 6.30. The first kappa shape index (κ1) is 16.5. The molecule has 2 heterocycles. The van der Waals surface area contributed by atoms with Gasteiger partial charge in [-0.3, -0.25) is 9.59 Å². The van der Waals surface area contributed by atoms with E-state index in [9.17, 15) is 9.59 Å². The quantitative estimate of drug-likeness (QED) is 0.898. The number of likely N-dealkylation sites (tertiary alicyclic amines) is 1. The van der Waals surface area contributed by atoms with Crippen LogP contribution < -0.4 is 5.32 Å². The van der Waals surface area contributed by atoms with Gasteiger partial charge in [0.2, 0.25) is 11.8 Å². The monoisotopic (exact) mass is 346 g/mol. The van der Waals surface area contributed by atoms with Gasteiger partial charge in [-0.25, -0.2) is 4.98 Å². The molecule has 1 aromatic carbocycles. The number of halogens is 1. The van der Waals surface area contributed by atoms with Crippen LogP contribution in [-0.4, -0.2) is 39.9 Å². The van der Waals surface area contributed by atoms with Gasteiger partial charge in [0.1, 0.15) is 0 Å². The lowest BCUT2D eigenvalue weighted by Gasteiger charge is -2.25. The second kappa shape index (κ2) is 7.05. The topological polar surface area (TPSA) is 67.2 Å². The summed E-state index contributed by atoms with van der Waals surface area (Å²) >= 11 is 6.06. The maximum Gasteiger partial charge on any atom is 0.226 e. The first-order valence-corrected chi connectivity index (χ1v) is 8.18. The number of hydrogen-bond donors (Lipinski definition) is 1. The van der Waals surface area contributed by atoms with E-state index in [4.69, 9.17) is 11.6 Å². The molecule has 2 unspecified atom stereocenters. The lowest BCUT2D eigenvalue weighted by atomic mass is 9.93. The Balaban J connectivity index is 1.70. The van der Waals surface area contributed by atoms with Crippen LogP contribution in [0.15, 0.2) is 43.0 Å². The van der Waals surface area contributed by atoms with Gasteiger partial charge in [0.15, 0.2) is 0 Å². The number of rotatable bonds is 5. The lowest BCUT2D eigenvalue weighted by molar-refractivity contribution is -0.128. The number of nitrogens with zero attached hydrogens (tertiary/aromatic N) is 3. The molecular weight excluding hydrogens is 328 g/mol. The maximum absolute atomic E-state index is 12.6. The van der Waals surface area contributed by atoms with Gasteiger partial charge in [0.05, 0.1) is 18.3 Å². The summed E-state index contributed by atoms with van der Waals surface area (Å²) in [6.07, 6.45) is 5.45. The minimum Gasteiger partial charge on any atom is -0.354 e. The summed E-state index contributed by atoms with van der Waals surface area (Å²) in [5, 5.41) is 3.52. The molecule has 1 aliphatic heterocycles. The summed E-state index contributed by atoms with van der Waals surface area (Å²) in [6.45, 7) is 1.13. The van der Waals surface area contributed by atoms with Crippen LogP contribution in [0.1, 0.15) is 18.0 Å². The molecule has 2 amide bonds. The third-order valence-electron chi connectivity index (χ3n) is 4.34. The van der Waals surface area contributed by atoms with Gasteiger partial charge in [-0.05, 0) is 17.7 Å². The molecule has 0 aliphatic carbocycles. The second-order valence-electron chi connectivity index (χ2n) is 5.91. The average molecular weight is 347 g/mol. The van der Waals surface area contributed by atoms with Gasteiger partial charge in [-0.1, -0.05) is 23.7 Å². The molecule has 1 fully saturated rings. The smallest absolute Gasteiger partial charge is 0.226 e. The lowest BCUT2D eigenvalue weighted by Crippen LogP contribution is -2.36. The van der Waals surface area contributed by atoms with Crippen LogP contribution in [0.25, 0.3) is 0 Å². The van der Waals surface area contributed by atoms with Crippen LogP contribution in [0, 0.1) is 5.92 Å². The Morgan fingerprint density at radius 1 is 1.46 bits per heavy atom. The second-order valence-corrected chi connectivity index (χ2v) is 6.34. The van der Waals surface area contributed by atoms with Crippen molar-refractivity contribution >= 4 is 23.4 Å². The van der Waals surface area contributed by atoms with Crippen LogP contribution >= 0.6 is 11.6 Å². The standard InChI is InChI=1S/C17H19ClN4O2/c1-21-15(23)10-14(16(21)12-3-2-4-13(18)9-12)17(24)20-6-8-22-7-5-19-11-22/h2-5,7,9,11,14,16H,6,8,10H2,1H3,(H,20,24). The molecule has 2 atom stereocenters. The Kier molecular flexibility index (Phi) is 4.85. The molecule has 0 bridgehead atoms. The van der Waals surface area contributed by atoms with Gasteiger partial charge in [0.25, 0.3) is 0 Å². The van der Waals surface area contributed by atoms with E-state index in [-0.39, 0.29) is 24.3 Å². The summed E-state index contributed by atoms with van der Waals surface area (Å²) in [5.41, 5.74) is 0.880. The normalized spacial score (nSPS) is 20.4. The Hall–Kier alpha value is -2.34. The number of nitrogens with one attached hydrogen (secondary N) is 1. The summed E-state index contributed by atoms with van der Waals surface area (Å²) in [7, 11) is 1.73. The largest absolute Gasteiger partial charge is 0.354 e. The highest BCUT2D eigenvalue weighted by Crippen LogP contribution is 2.37. The van der Waals surface area contributed by atoms with Gasteiger partial charge < -0.3 is 14.8 Å². The molecule has 7 heteroatoms. The van der Waals surface area contributed by atoms with E-state index in [1.165, 1.54) is 0 Å².